The topological polar surface area (TPSA) is 52.6 Å². The molecule has 0 radical (unpaired) electrons. The minimum atomic E-state index is 0. The first-order valence-electron chi connectivity index (χ1n) is 9.40. The number of nitrogens with one attached hydrogen (secondary N) is 2. The number of aryl methyl sites for hydroxylation is 1. The van der Waals surface area contributed by atoms with Crippen LogP contribution in [0.4, 0.5) is 5.69 Å². The van der Waals surface area contributed by atoms with Crippen LogP contribution in [-0.2, 0) is 6.54 Å². The van der Waals surface area contributed by atoms with Gasteiger partial charge in [-0.05, 0) is 56.0 Å². The molecule has 0 aliphatic carbocycles. The van der Waals surface area contributed by atoms with Gasteiger partial charge in [0, 0.05) is 32.0 Å². The molecule has 1 fully saturated rings. The summed E-state index contributed by atoms with van der Waals surface area (Å²) in [5.74, 6) is 0.786. The summed E-state index contributed by atoms with van der Waals surface area (Å²) >= 11 is 0. The van der Waals surface area contributed by atoms with Crippen molar-refractivity contribution in [2.45, 2.75) is 39.3 Å². The van der Waals surface area contributed by atoms with Gasteiger partial charge >= 0.3 is 0 Å². The van der Waals surface area contributed by atoms with Gasteiger partial charge in [-0.25, -0.2) is 0 Å². The fraction of sp³-hybridized carbons (Fsp3) is 0.429. The molecule has 5 nitrogen and oxygen atoms in total. The molecule has 1 saturated heterocycles. The standard InChI is InChI=1S/C21H29N5.HI/c1-16-8-7-11-23-20(16)15-24-21(22-3)25-17(2)18-9-6-10-19(14-18)26-12-4-5-13-26;/h6-11,14,17H,4-5,12-13,15H2,1-3H3,(H2,22,24,25);1H. The lowest BCUT2D eigenvalue weighted by atomic mass is 10.1. The molecule has 1 unspecified atom stereocenters. The Labute approximate surface area is 179 Å². The van der Waals surface area contributed by atoms with E-state index in [4.69, 9.17) is 0 Å². The Balaban J connectivity index is 0.00000261. The first kappa shape index (κ1) is 21.5. The summed E-state index contributed by atoms with van der Waals surface area (Å²) in [5, 5.41) is 6.85. The van der Waals surface area contributed by atoms with Crippen molar-refractivity contribution in [3.05, 3.63) is 59.4 Å². The summed E-state index contributed by atoms with van der Waals surface area (Å²) in [6.07, 6.45) is 4.41. The van der Waals surface area contributed by atoms with E-state index in [0.717, 1.165) is 24.7 Å². The van der Waals surface area contributed by atoms with Crippen molar-refractivity contribution in [3.8, 4) is 0 Å². The maximum absolute atomic E-state index is 4.43. The zero-order valence-corrected chi connectivity index (χ0v) is 18.7. The van der Waals surface area contributed by atoms with E-state index in [2.05, 4.69) is 69.7 Å². The van der Waals surface area contributed by atoms with Crippen LogP contribution >= 0.6 is 24.0 Å². The predicted octanol–water partition coefficient (Wildman–Crippen LogP) is 4.03. The van der Waals surface area contributed by atoms with Crippen LogP contribution in [0.15, 0.2) is 47.6 Å². The largest absolute Gasteiger partial charge is 0.372 e. The monoisotopic (exact) mass is 479 g/mol. The number of nitrogens with zero attached hydrogens (tertiary/aromatic N) is 3. The first-order valence-corrected chi connectivity index (χ1v) is 9.40. The zero-order chi connectivity index (χ0) is 18.4. The van der Waals surface area contributed by atoms with Crippen LogP contribution in [0, 0.1) is 6.92 Å². The van der Waals surface area contributed by atoms with Crippen LogP contribution in [0.1, 0.15) is 42.6 Å². The van der Waals surface area contributed by atoms with Crippen LogP contribution in [0.25, 0.3) is 0 Å². The molecule has 1 aliphatic heterocycles. The first-order chi connectivity index (χ1) is 12.7. The van der Waals surface area contributed by atoms with Crippen LogP contribution in [0.3, 0.4) is 0 Å². The molecule has 1 aromatic carbocycles. The number of hydrogen-bond donors (Lipinski definition) is 2. The summed E-state index contributed by atoms with van der Waals surface area (Å²) in [5.41, 5.74) is 4.81. The average molecular weight is 479 g/mol. The summed E-state index contributed by atoms with van der Waals surface area (Å²) in [7, 11) is 1.80. The highest BCUT2D eigenvalue weighted by Crippen LogP contribution is 2.23. The fourth-order valence-electron chi connectivity index (χ4n) is 3.32. The van der Waals surface area contributed by atoms with Crippen LogP contribution in [0.5, 0.6) is 0 Å². The van der Waals surface area contributed by atoms with Crippen molar-refractivity contribution < 1.29 is 0 Å². The molecule has 0 saturated carbocycles. The number of anilines is 1. The van der Waals surface area contributed by atoms with Gasteiger partial charge in [-0.15, -0.1) is 24.0 Å². The third-order valence-corrected chi connectivity index (χ3v) is 4.96. The molecule has 1 aliphatic rings. The molecule has 27 heavy (non-hydrogen) atoms. The zero-order valence-electron chi connectivity index (χ0n) is 16.4. The van der Waals surface area contributed by atoms with Crippen LogP contribution in [0.2, 0.25) is 0 Å². The molecule has 0 bridgehead atoms. The molecule has 3 rings (SSSR count). The van der Waals surface area contributed by atoms with Crippen molar-refractivity contribution in [3.63, 3.8) is 0 Å². The second-order valence-corrected chi connectivity index (χ2v) is 6.85. The fourth-order valence-corrected chi connectivity index (χ4v) is 3.32. The van der Waals surface area contributed by atoms with Gasteiger partial charge in [0.1, 0.15) is 0 Å². The number of aromatic nitrogens is 1. The van der Waals surface area contributed by atoms with Gasteiger partial charge in [0.25, 0.3) is 0 Å². The number of aliphatic imine (C=N–C) groups is 1. The van der Waals surface area contributed by atoms with E-state index in [1.807, 2.05) is 12.3 Å². The summed E-state index contributed by atoms with van der Waals surface area (Å²) in [6.45, 7) is 7.23. The highest BCUT2D eigenvalue weighted by atomic mass is 127. The molecule has 2 N–H and O–H groups in total. The molecule has 1 atom stereocenters. The predicted molar refractivity (Wildman–Crippen MR) is 124 cm³/mol. The van der Waals surface area contributed by atoms with Crippen LogP contribution in [-0.4, -0.2) is 31.1 Å². The van der Waals surface area contributed by atoms with Gasteiger partial charge in [-0.1, -0.05) is 18.2 Å². The van der Waals surface area contributed by atoms with E-state index in [0.29, 0.717) is 6.54 Å². The normalized spacial score (nSPS) is 15.2. The Morgan fingerprint density at radius 2 is 2.00 bits per heavy atom. The SMILES string of the molecule is CN=C(NCc1ncccc1C)NC(C)c1cccc(N2CCCC2)c1.I. The van der Waals surface area contributed by atoms with Gasteiger partial charge in [0.2, 0.25) is 0 Å². The quantitative estimate of drug-likeness (QED) is 0.386. The van der Waals surface area contributed by atoms with Crippen molar-refractivity contribution >= 4 is 35.6 Å². The molecule has 146 valence electrons. The second kappa shape index (κ2) is 10.5. The molecule has 1 aromatic heterocycles. The Morgan fingerprint density at radius 3 is 2.70 bits per heavy atom. The second-order valence-electron chi connectivity index (χ2n) is 6.85. The van der Waals surface area contributed by atoms with Gasteiger partial charge in [-0.3, -0.25) is 9.98 Å². The number of guanidine groups is 1. The Kier molecular flexibility index (Phi) is 8.34. The van der Waals surface area contributed by atoms with Crippen molar-refractivity contribution in [2.75, 3.05) is 25.0 Å². The molecule has 2 heterocycles. The maximum atomic E-state index is 4.43. The molecule has 0 amide bonds. The summed E-state index contributed by atoms with van der Waals surface area (Å²) < 4.78 is 0. The Hall–Kier alpha value is -1.83. The van der Waals surface area contributed by atoms with Crippen molar-refractivity contribution in [1.82, 2.24) is 15.6 Å². The third-order valence-electron chi connectivity index (χ3n) is 4.96. The van der Waals surface area contributed by atoms with Gasteiger partial charge < -0.3 is 15.5 Å². The third kappa shape index (κ3) is 5.82. The summed E-state index contributed by atoms with van der Waals surface area (Å²) in [4.78, 5) is 11.2. The van der Waals surface area contributed by atoms with Gasteiger partial charge in [0.15, 0.2) is 5.96 Å². The molecule has 2 aromatic rings. The van der Waals surface area contributed by atoms with E-state index in [9.17, 15) is 0 Å². The average Bonchev–Trinajstić information content (AvgIpc) is 3.21. The number of benzene rings is 1. The lowest BCUT2D eigenvalue weighted by Gasteiger charge is -2.22. The molecule has 0 spiro atoms. The van der Waals surface area contributed by atoms with E-state index in [1.54, 1.807) is 7.05 Å². The summed E-state index contributed by atoms with van der Waals surface area (Å²) in [6, 6.07) is 13.0. The van der Waals surface area contributed by atoms with Gasteiger partial charge in [-0.2, -0.15) is 0 Å². The molecular formula is C21H30IN5. The number of halogens is 1. The van der Waals surface area contributed by atoms with Crippen molar-refractivity contribution in [1.29, 1.82) is 0 Å². The van der Waals surface area contributed by atoms with Crippen molar-refractivity contribution in [2.24, 2.45) is 4.99 Å². The van der Waals surface area contributed by atoms with E-state index in [1.165, 1.54) is 29.7 Å². The molecular weight excluding hydrogens is 449 g/mol. The minimum absolute atomic E-state index is 0. The van der Waals surface area contributed by atoms with Crippen LogP contribution < -0.4 is 15.5 Å². The number of hydrogen-bond acceptors (Lipinski definition) is 3. The van der Waals surface area contributed by atoms with E-state index < -0.39 is 0 Å². The minimum Gasteiger partial charge on any atom is -0.372 e. The Morgan fingerprint density at radius 1 is 1.22 bits per heavy atom. The lowest BCUT2D eigenvalue weighted by molar-refractivity contribution is 0.682. The smallest absolute Gasteiger partial charge is 0.191 e. The molecule has 6 heteroatoms. The van der Waals surface area contributed by atoms with E-state index >= 15 is 0 Å². The number of pyridine rings is 1. The number of rotatable bonds is 5. The highest BCUT2D eigenvalue weighted by Gasteiger charge is 2.14. The van der Waals surface area contributed by atoms with E-state index in [-0.39, 0.29) is 30.0 Å². The highest BCUT2D eigenvalue weighted by molar-refractivity contribution is 14.0. The lowest BCUT2D eigenvalue weighted by Crippen LogP contribution is -2.38. The maximum Gasteiger partial charge on any atom is 0.191 e. The van der Waals surface area contributed by atoms with Gasteiger partial charge in [0.05, 0.1) is 18.3 Å². The Bertz CT molecular complexity index is 756.